The number of hydrogen-bond donors (Lipinski definition) is 4. The van der Waals surface area contributed by atoms with Crippen molar-refractivity contribution in [2.45, 2.75) is 0 Å². The van der Waals surface area contributed by atoms with E-state index in [4.69, 9.17) is 30.9 Å². The van der Waals surface area contributed by atoms with Crippen molar-refractivity contribution < 1.29 is 25.2 Å². The fraction of sp³-hybridized carbons (Fsp3) is 0. The standard InChI is InChI=1S/C7H6O5.C2N2/c8-4-1-3(7(11)12)2-5(9)6(4)10;3-1-2-4/h1-2,8-10H,(H,11,12);. The fourth-order valence-electron chi connectivity index (χ4n) is 0.728. The third-order valence-corrected chi connectivity index (χ3v) is 1.37. The second-order valence-electron chi connectivity index (χ2n) is 2.39. The maximum Gasteiger partial charge on any atom is 0.335 e. The number of carbonyl (C=O) groups is 1. The molecule has 0 saturated heterocycles. The van der Waals surface area contributed by atoms with E-state index < -0.39 is 23.2 Å². The summed E-state index contributed by atoms with van der Waals surface area (Å²) < 4.78 is 0. The Balaban J connectivity index is 0.000000487. The van der Waals surface area contributed by atoms with Crippen LogP contribution in [0.25, 0.3) is 0 Å². The molecule has 0 bridgehead atoms. The second-order valence-corrected chi connectivity index (χ2v) is 2.39. The zero-order valence-corrected chi connectivity index (χ0v) is 7.75. The Hall–Kier alpha value is -2.93. The van der Waals surface area contributed by atoms with Gasteiger partial charge < -0.3 is 20.4 Å². The summed E-state index contributed by atoms with van der Waals surface area (Å²) in [5.41, 5.74) is -0.289. The summed E-state index contributed by atoms with van der Waals surface area (Å²) in [6.45, 7) is 0. The zero-order valence-electron chi connectivity index (χ0n) is 7.75. The Morgan fingerprint density at radius 2 is 1.44 bits per heavy atom. The van der Waals surface area contributed by atoms with Gasteiger partial charge in [0.1, 0.15) is 0 Å². The number of nitrogens with zero attached hydrogens (tertiary/aromatic N) is 2. The lowest BCUT2D eigenvalue weighted by molar-refractivity contribution is 0.0696. The maximum absolute atomic E-state index is 10.3. The van der Waals surface area contributed by atoms with Crippen LogP contribution in [0.1, 0.15) is 10.4 Å². The summed E-state index contributed by atoms with van der Waals surface area (Å²) in [4.78, 5) is 10.3. The fourth-order valence-corrected chi connectivity index (χ4v) is 0.728. The van der Waals surface area contributed by atoms with E-state index in [1.807, 2.05) is 0 Å². The smallest absolute Gasteiger partial charge is 0.335 e. The molecule has 0 spiro atoms. The normalized spacial score (nSPS) is 7.88. The predicted molar refractivity (Wildman–Crippen MR) is 49.6 cm³/mol. The van der Waals surface area contributed by atoms with Crippen LogP contribution in [0.2, 0.25) is 0 Å². The molecule has 0 aliphatic carbocycles. The third-order valence-electron chi connectivity index (χ3n) is 1.37. The van der Waals surface area contributed by atoms with Crippen LogP contribution in [0.15, 0.2) is 12.1 Å². The van der Waals surface area contributed by atoms with Crippen molar-refractivity contribution in [3.8, 4) is 29.4 Å². The van der Waals surface area contributed by atoms with E-state index in [0.29, 0.717) is 0 Å². The summed E-state index contributed by atoms with van der Waals surface area (Å²) in [5, 5.41) is 49.5. The molecule has 0 aromatic heterocycles. The third kappa shape index (κ3) is 3.44. The molecule has 1 aromatic rings. The summed E-state index contributed by atoms with van der Waals surface area (Å²) in [7, 11) is 0. The number of rotatable bonds is 1. The van der Waals surface area contributed by atoms with Crippen molar-refractivity contribution in [3.63, 3.8) is 0 Å². The van der Waals surface area contributed by atoms with Crippen molar-refractivity contribution in [2.75, 3.05) is 0 Å². The molecule has 1 aromatic carbocycles. The van der Waals surface area contributed by atoms with Crippen LogP contribution in [0.5, 0.6) is 17.2 Å². The van der Waals surface area contributed by atoms with Gasteiger partial charge in [0.05, 0.1) is 5.56 Å². The van der Waals surface area contributed by atoms with Crippen LogP contribution < -0.4 is 0 Å². The van der Waals surface area contributed by atoms with Gasteiger partial charge in [-0.1, -0.05) is 0 Å². The summed E-state index contributed by atoms with van der Waals surface area (Å²) in [6, 6.07) is 4.16. The number of phenols is 3. The monoisotopic (exact) mass is 222 g/mol. The van der Waals surface area contributed by atoms with E-state index in [0.717, 1.165) is 12.1 Å². The first-order valence-corrected chi connectivity index (χ1v) is 3.70. The Morgan fingerprint density at radius 1 is 1.06 bits per heavy atom. The first-order chi connectivity index (χ1) is 7.43. The van der Waals surface area contributed by atoms with Crippen LogP contribution in [0, 0.1) is 22.7 Å². The van der Waals surface area contributed by atoms with Crippen LogP contribution >= 0.6 is 0 Å². The van der Waals surface area contributed by atoms with Gasteiger partial charge in [0.2, 0.25) is 0 Å². The molecule has 0 saturated carbocycles. The first kappa shape index (κ1) is 13.1. The molecule has 0 aliphatic heterocycles. The van der Waals surface area contributed by atoms with Gasteiger partial charge in [0.25, 0.3) is 0 Å². The van der Waals surface area contributed by atoms with Crippen molar-refractivity contribution in [2.24, 2.45) is 0 Å². The number of aromatic carboxylic acids is 1. The number of phenolic OH excluding ortho intramolecular Hbond substituents is 3. The van der Waals surface area contributed by atoms with Gasteiger partial charge in [-0.25, -0.2) is 4.79 Å². The van der Waals surface area contributed by atoms with E-state index in [-0.39, 0.29) is 5.56 Å². The quantitative estimate of drug-likeness (QED) is 0.507. The molecular weight excluding hydrogens is 216 g/mol. The number of hydrogen-bond acceptors (Lipinski definition) is 6. The summed E-state index contributed by atoms with van der Waals surface area (Å²) in [6.07, 6.45) is 0. The van der Waals surface area contributed by atoms with E-state index in [2.05, 4.69) is 0 Å². The van der Waals surface area contributed by atoms with Gasteiger partial charge in [-0.3, -0.25) is 0 Å². The number of carboxylic acids is 1. The van der Waals surface area contributed by atoms with Gasteiger partial charge >= 0.3 is 5.97 Å². The number of carboxylic acid groups (broad SMARTS) is 1. The average molecular weight is 222 g/mol. The van der Waals surface area contributed by atoms with E-state index >= 15 is 0 Å². The van der Waals surface area contributed by atoms with Crippen LogP contribution in [-0.4, -0.2) is 26.4 Å². The molecular formula is C9H6N2O5. The number of nitriles is 2. The molecule has 0 aliphatic rings. The molecule has 0 unspecified atom stereocenters. The lowest BCUT2D eigenvalue weighted by Gasteiger charge is -2.01. The van der Waals surface area contributed by atoms with Gasteiger partial charge in [0, 0.05) is 0 Å². The minimum Gasteiger partial charge on any atom is -0.504 e. The molecule has 0 heterocycles. The molecule has 7 nitrogen and oxygen atoms in total. The molecule has 82 valence electrons. The van der Waals surface area contributed by atoms with E-state index in [1.165, 1.54) is 12.1 Å². The lowest BCUT2D eigenvalue weighted by Crippen LogP contribution is -1.95. The minimum atomic E-state index is -1.29. The van der Waals surface area contributed by atoms with Crippen molar-refractivity contribution >= 4 is 5.97 Å². The lowest BCUT2D eigenvalue weighted by atomic mass is 10.2. The second kappa shape index (κ2) is 5.73. The highest BCUT2D eigenvalue weighted by Gasteiger charge is 2.11. The number of aromatic hydroxyl groups is 3. The maximum atomic E-state index is 10.3. The summed E-state index contributed by atoms with van der Waals surface area (Å²) in [5.74, 6) is -3.33. The zero-order chi connectivity index (χ0) is 12.7. The van der Waals surface area contributed by atoms with E-state index in [9.17, 15) is 4.79 Å². The largest absolute Gasteiger partial charge is 0.504 e. The Labute approximate surface area is 89.7 Å². The van der Waals surface area contributed by atoms with Crippen LogP contribution in [0.4, 0.5) is 0 Å². The van der Waals surface area contributed by atoms with Gasteiger partial charge in [-0.15, -0.1) is 0 Å². The minimum absolute atomic E-state index is 0.289. The molecule has 0 radical (unpaired) electrons. The molecule has 4 N–H and O–H groups in total. The average Bonchev–Trinajstić information content (AvgIpc) is 2.25. The molecule has 0 amide bonds. The van der Waals surface area contributed by atoms with Crippen molar-refractivity contribution in [1.82, 2.24) is 0 Å². The Kier molecular flexibility index (Phi) is 4.68. The van der Waals surface area contributed by atoms with Gasteiger partial charge in [-0.2, -0.15) is 10.5 Å². The summed E-state index contributed by atoms with van der Waals surface area (Å²) >= 11 is 0. The molecule has 7 heteroatoms. The molecule has 1 rings (SSSR count). The van der Waals surface area contributed by atoms with E-state index in [1.54, 1.807) is 0 Å². The Morgan fingerprint density at radius 3 is 1.69 bits per heavy atom. The highest BCUT2D eigenvalue weighted by Crippen LogP contribution is 2.35. The molecule has 0 atom stereocenters. The number of benzene rings is 1. The van der Waals surface area contributed by atoms with Gasteiger partial charge in [0.15, 0.2) is 29.4 Å². The predicted octanol–water partition coefficient (Wildman–Crippen LogP) is 0.535. The molecule has 16 heavy (non-hydrogen) atoms. The highest BCUT2D eigenvalue weighted by atomic mass is 16.4. The van der Waals surface area contributed by atoms with Crippen molar-refractivity contribution in [1.29, 1.82) is 10.5 Å². The SMILES string of the molecule is N#CC#N.O=C(O)c1cc(O)c(O)c(O)c1. The first-order valence-electron chi connectivity index (χ1n) is 3.70. The van der Waals surface area contributed by atoms with Crippen molar-refractivity contribution in [3.05, 3.63) is 17.7 Å². The Bertz CT molecular complexity index is 449. The van der Waals surface area contributed by atoms with Gasteiger partial charge in [-0.05, 0) is 12.1 Å². The molecule has 0 fully saturated rings. The highest BCUT2D eigenvalue weighted by molar-refractivity contribution is 5.89. The van der Waals surface area contributed by atoms with Crippen LogP contribution in [-0.2, 0) is 0 Å². The topological polar surface area (TPSA) is 146 Å². The van der Waals surface area contributed by atoms with Crippen LogP contribution in [0.3, 0.4) is 0 Å².